The second-order valence-electron chi connectivity index (χ2n) is 5.37. The number of nitrogens with one attached hydrogen (secondary N) is 1. The van der Waals surface area contributed by atoms with Crippen LogP contribution >= 0.6 is 0 Å². The molecule has 0 aliphatic carbocycles. The number of aliphatic carboxylic acids is 1. The molecular formula is C15H21NO3. The van der Waals surface area contributed by atoms with Gasteiger partial charge in [0, 0.05) is 25.3 Å². The Morgan fingerprint density at radius 1 is 1.32 bits per heavy atom. The Morgan fingerprint density at radius 2 is 1.95 bits per heavy atom. The van der Waals surface area contributed by atoms with E-state index in [4.69, 9.17) is 9.84 Å². The van der Waals surface area contributed by atoms with E-state index in [9.17, 15) is 4.79 Å². The first-order valence-corrected chi connectivity index (χ1v) is 6.70. The lowest BCUT2D eigenvalue weighted by molar-refractivity contribution is -0.136. The van der Waals surface area contributed by atoms with Crippen LogP contribution in [0, 0.1) is 0 Å². The van der Waals surface area contributed by atoms with Gasteiger partial charge in [0.2, 0.25) is 0 Å². The molecule has 1 aromatic rings. The molecule has 0 radical (unpaired) electrons. The first kappa shape index (κ1) is 14.0. The molecular weight excluding hydrogens is 242 g/mol. The zero-order valence-electron chi connectivity index (χ0n) is 11.3. The number of ether oxygens (including phenoxy) is 1. The molecule has 2 rings (SSSR count). The summed E-state index contributed by atoms with van der Waals surface area (Å²) in [5.74, 6) is -0.787. The highest BCUT2D eigenvalue weighted by Crippen LogP contribution is 2.21. The monoisotopic (exact) mass is 263 g/mol. The van der Waals surface area contributed by atoms with Gasteiger partial charge in [-0.05, 0) is 30.9 Å². The summed E-state index contributed by atoms with van der Waals surface area (Å²) in [5.41, 5.74) is 2.05. The van der Waals surface area contributed by atoms with Crippen LogP contribution in [0.4, 0.5) is 0 Å². The van der Waals surface area contributed by atoms with Crippen molar-refractivity contribution < 1.29 is 14.6 Å². The number of hydrogen-bond acceptors (Lipinski definition) is 3. The molecule has 1 fully saturated rings. The minimum atomic E-state index is -0.787. The van der Waals surface area contributed by atoms with Crippen molar-refractivity contribution in [2.24, 2.45) is 0 Å². The molecule has 1 aliphatic heterocycles. The molecule has 0 aromatic heterocycles. The molecule has 4 nitrogen and oxygen atoms in total. The molecule has 0 spiro atoms. The van der Waals surface area contributed by atoms with Gasteiger partial charge in [0.25, 0.3) is 0 Å². The molecule has 1 aromatic carbocycles. The topological polar surface area (TPSA) is 58.6 Å². The molecule has 0 unspecified atom stereocenters. The van der Waals surface area contributed by atoms with E-state index in [2.05, 4.69) is 12.2 Å². The van der Waals surface area contributed by atoms with Crippen molar-refractivity contribution in [3.8, 4) is 0 Å². The fourth-order valence-electron chi connectivity index (χ4n) is 2.37. The Labute approximate surface area is 113 Å². The Balaban J connectivity index is 2.00. The first-order valence-electron chi connectivity index (χ1n) is 6.70. The summed E-state index contributed by atoms with van der Waals surface area (Å²) >= 11 is 0. The van der Waals surface area contributed by atoms with Crippen LogP contribution in [0.15, 0.2) is 24.3 Å². The Bertz CT molecular complexity index is 439. The van der Waals surface area contributed by atoms with Crippen LogP contribution in [0.2, 0.25) is 0 Å². The van der Waals surface area contributed by atoms with Crippen LogP contribution in [0.25, 0.3) is 0 Å². The Hall–Kier alpha value is -1.39. The molecule has 19 heavy (non-hydrogen) atoms. The molecule has 104 valence electrons. The molecule has 1 aliphatic rings. The molecule has 0 amide bonds. The molecule has 0 saturated carbocycles. The van der Waals surface area contributed by atoms with Crippen molar-refractivity contribution in [1.29, 1.82) is 0 Å². The van der Waals surface area contributed by atoms with E-state index < -0.39 is 5.97 Å². The number of benzene rings is 1. The van der Waals surface area contributed by atoms with Crippen molar-refractivity contribution in [2.75, 3.05) is 13.2 Å². The minimum absolute atomic E-state index is 0.0810. The fourth-order valence-corrected chi connectivity index (χ4v) is 2.37. The zero-order valence-corrected chi connectivity index (χ0v) is 11.3. The summed E-state index contributed by atoms with van der Waals surface area (Å²) in [5, 5.41) is 12.5. The third kappa shape index (κ3) is 4.04. The predicted octanol–water partition coefficient (Wildman–Crippen LogP) is 1.97. The van der Waals surface area contributed by atoms with E-state index in [0.29, 0.717) is 6.54 Å². The largest absolute Gasteiger partial charge is 0.481 e. The minimum Gasteiger partial charge on any atom is -0.481 e. The molecule has 1 saturated heterocycles. The van der Waals surface area contributed by atoms with E-state index in [-0.39, 0.29) is 12.0 Å². The summed E-state index contributed by atoms with van der Waals surface area (Å²) in [7, 11) is 0. The van der Waals surface area contributed by atoms with Crippen LogP contribution in [0.5, 0.6) is 0 Å². The summed E-state index contributed by atoms with van der Waals surface area (Å²) in [6, 6.07) is 7.72. The van der Waals surface area contributed by atoms with E-state index in [1.165, 1.54) is 0 Å². The van der Waals surface area contributed by atoms with Crippen LogP contribution in [-0.4, -0.2) is 29.8 Å². The molecule has 0 atom stereocenters. The van der Waals surface area contributed by atoms with Gasteiger partial charge in [-0.1, -0.05) is 24.3 Å². The first-order chi connectivity index (χ1) is 9.09. The maximum Gasteiger partial charge on any atom is 0.307 e. The van der Waals surface area contributed by atoms with Crippen LogP contribution < -0.4 is 5.32 Å². The van der Waals surface area contributed by atoms with Gasteiger partial charge in [-0.2, -0.15) is 0 Å². The third-order valence-electron chi connectivity index (χ3n) is 3.76. The van der Waals surface area contributed by atoms with Crippen molar-refractivity contribution in [1.82, 2.24) is 5.32 Å². The molecule has 4 heteroatoms. The van der Waals surface area contributed by atoms with E-state index >= 15 is 0 Å². The van der Waals surface area contributed by atoms with E-state index in [1.807, 2.05) is 24.3 Å². The summed E-state index contributed by atoms with van der Waals surface area (Å²) in [6.07, 6.45) is 2.07. The number of carbonyl (C=O) groups is 1. The number of hydrogen-bond donors (Lipinski definition) is 2. The lowest BCUT2D eigenvalue weighted by Crippen LogP contribution is -2.46. The second kappa shape index (κ2) is 6.17. The van der Waals surface area contributed by atoms with Gasteiger partial charge in [-0.25, -0.2) is 0 Å². The predicted molar refractivity (Wildman–Crippen MR) is 73.1 cm³/mol. The fraction of sp³-hybridized carbons (Fsp3) is 0.533. The Kier molecular flexibility index (Phi) is 4.56. The maximum atomic E-state index is 10.9. The summed E-state index contributed by atoms with van der Waals surface area (Å²) in [6.45, 7) is 4.50. The van der Waals surface area contributed by atoms with Crippen LogP contribution in [0.3, 0.4) is 0 Å². The number of carboxylic acids is 1. The number of carboxylic acid groups (broad SMARTS) is 1. The van der Waals surface area contributed by atoms with Crippen LogP contribution in [-0.2, 0) is 22.5 Å². The molecule has 2 N–H and O–H groups in total. The SMILES string of the molecule is CC1(NCc2ccccc2CC(=O)O)CCOCC1. The quantitative estimate of drug-likeness (QED) is 0.852. The maximum absolute atomic E-state index is 10.9. The highest BCUT2D eigenvalue weighted by molar-refractivity contribution is 5.70. The molecule has 1 heterocycles. The third-order valence-corrected chi connectivity index (χ3v) is 3.76. The van der Waals surface area contributed by atoms with Crippen molar-refractivity contribution in [3.05, 3.63) is 35.4 Å². The van der Waals surface area contributed by atoms with Crippen molar-refractivity contribution >= 4 is 5.97 Å². The summed E-state index contributed by atoms with van der Waals surface area (Å²) in [4.78, 5) is 10.9. The van der Waals surface area contributed by atoms with Gasteiger partial charge >= 0.3 is 5.97 Å². The summed E-state index contributed by atoms with van der Waals surface area (Å²) < 4.78 is 5.38. The molecule has 0 bridgehead atoms. The lowest BCUT2D eigenvalue weighted by atomic mass is 9.92. The van der Waals surface area contributed by atoms with Gasteiger partial charge in [0.05, 0.1) is 6.42 Å². The van der Waals surface area contributed by atoms with Gasteiger partial charge < -0.3 is 15.2 Å². The second-order valence-corrected chi connectivity index (χ2v) is 5.37. The smallest absolute Gasteiger partial charge is 0.307 e. The van der Waals surface area contributed by atoms with E-state index in [1.54, 1.807) is 0 Å². The van der Waals surface area contributed by atoms with Gasteiger partial charge in [0.15, 0.2) is 0 Å². The average Bonchev–Trinajstić information content (AvgIpc) is 2.38. The normalized spacial score (nSPS) is 18.2. The van der Waals surface area contributed by atoms with Crippen LogP contribution in [0.1, 0.15) is 30.9 Å². The van der Waals surface area contributed by atoms with Gasteiger partial charge in [0.1, 0.15) is 0 Å². The standard InChI is InChI=1S/C15H21NO3/c1-15(6-8-19-9-7-15)16-11-13-5-3-2-4-12(13)10-14(17)18/h2-5,16H,6-11H2,1H3,(H,17,18). The van der Waals surface area contributed by atoms with E-state index in [0.717, 1.165) is 37.2 Å². The van der Waals surface area contributed by atoms with Crippen molar-refractivity contribution in [3.63, 3.8) is 0 Å². The van der Waals surface area contributed by atoms with Crippen molar-refractivity contribution in [2.45, 2.75) is 38.3 Å². The lowest BCUT2D eigenvalue weighted by Gasteiger charge is -2.35. The Morgan fingerprint density at radius 3 is 2.58 bits per heavy atom. The number of rotatable bonds is 5. The van der Waals surface area contributed by atoms with Gasteiger partial charge in [-0.3, -0.25) is 4.79 Å². The highest BCUT2D eigenvalue weighted by Gasteiger charge is 2.26. The average molecular weight is 263 g/mol. The highest BCUT2D eigenvalue weighted by atomic mass is 16.5. The van der Waals surface area contributed by atoms with Gasteiger partial charge in [-0.15, -0.1) is 0 Å². The zero-order chi connectivity index (χ0) is 13.7.